The Morgan fingerprint density at radius 1 is 1.33 bits per heavy atom. The Morgan fingerprint density at radius 2 is 2.06 bits per heavy atom. The molecule has 100 valence electrons. The van der Waals surface area contributed by atoms with Crippen LogP contribution in [0.5, 0.6) is 0 Å². The summed E-state index contributed by atoms with van der Waals surface area (Å²) in [5, 5.41) is 7.68. The van der Waals surface area contributed by atoms with Gasteiger partial charge in [0, 0.05) is 19.1 Å². The topological polar surface area (TPSA) is 67.2 Å². The van der Waals surface area contributed by atoms with Crippen LogP contribution in [0.25, 0.3) is 0 Å². The minimum atomic E-state index is -0.300. The standard InChI is InChI=1S/C13H22N4O/c1-12(2)9-10(13(3,4)18-12)15-16-11(9)17-6-5-8(14)7-17/h8H,5-7,14H2,1-4H3,(H,15,16). The number of anilines is 1. The average Bonchev–Trinajstić information content (AvgIpc) is 2.83. The molecule has 1 saturated heterocycles. The number of nitrogens with one attached hydrogen (secondary N) is 1. The molecule has 0 radical (unpaired) electrons. The second kappa shape index (κ2) is 3.48. The summed E-state index contributed by atoms with van der Waals surface area (Å²) >= 11 is 0. The summed E-state index contributed by atoms with van der Waals surface area (Å²) in [5.74, 6) is 1.02. The van der Waals surface area contributed by atoms with Crippen molar-refractivity contribution in [3.8, 4) is 0 Å². The van der Waals surface area contributed by atoms with Crippen molar-refractivity contribution in [3.63, 3.8) is 0 Å². The van der Waals surface area contributed by atoms with Gasteiger partial charge in [-0.05, 0) is 34.1 Å². The van der Waals surface area contributed by atoms with E-state index in [2.05, 4.69) is 42.8 Å². The van der Waals surface area contributed by atoms with Crippen LogP contribution in [0, 0.1) is 0 Å². The predicted molar refractivity (Wildman–Crippen MR) is 70.5 cm³/mol. The lowest BCUT2D eigenvalue weighted by Crippen LogP contribution is -2.29. The number of nitrogens with two attached hydrogens (primary N) is 1. The van der Waals surface area contributed by atoms with Crippen LogP contribution < -0.4 is 10.6 Å². The highest BCUT2D eigenvalue weighted by Gasteiger charge is 2.48. The molecule has 0 aliphatic carbocycles. The summed E-state index contributed by atoms with van der Waals surface area (Å²) < 4.78 is 6.14. The Labute approximate surface area is 108 Å². The minimum Gasteiger partial charge on any atom is -0.358 e. The first-order valence-corrected chi connectivity index (χ1v) is 6.61. The van der Waals surface area contributed by atoms with Crippen LogP contribution in [0.1, 0.15) is 45.4 Å². The zero-order chi connectivity index (χ0) is 13.1. The second-order valence-electron chi connectivity index (χ2n) is 6.41. The average molecular weight is 250 g/mol. The van der Waals surface area contributed by atoms with Crippen LogP contribution in [0.15, 0.2) is 0 Å². The molecule has 0 saturated carbocycles. The zero-order valence-corrected chi connectivity index (χ0v) is 11.6. The van der Waals surface area contributed by atoms with Gasteiger partial charge < -0.3 is 15.4 Å². The Morgan fingerprint density at radius 3 is 2.67 bits per heavy atom. The molecular formula is C13H22N4O. The molecular weight excluding hydrogens is 228 g/mol. The molecule has 18 heavy (non-hydrogen) atoms. The highest BCUT2D eigenvalue weighted by Crippen LogP contribution is 2.49. The molecule has 1 aromatic rings. The van der Waals surface area contributed by atoms with E-state index in [1.54, 1.807) is 0 Å². The third kappa shape index (κ3) is 1.57. The molecule has 0 amide bonds. The lowest BCUT2D eigenvalue weighted by atomic mass is 9.96. The summed E-state index contributed by atoms with van der Waals surface area (Å²) in [6.07, 6.45) is 1.03. The highest BCUT2D eigenvalue weighted by molar-refractivity contribution is 5.56. The van der Waals surface area contributed by atoms with Crippen molar-refractivity contribution >= 4 is 5.82 Å². The fraction of sp³-hybridized carbons (Fsp3) is 0.769. The van der Waals surface area contributed by atoms with Crippen molar-refractivity contribution in [3.05, 3.63) is 11.3 Å². The molecule has 5 heteroatoms. The lowest BCUT2D eigenvalue weighted by molar-refractivity contribution is -0.107. The van der Waals surface area contributed by atoms with Gasteiger partial charge >= 0.3 is 0 Å². The van der Waals surface area contributed by atoms with Gasteiger partial charge in [-0.2, -0.15) is 5.10 Å². The largest absolute Gasteiger partial charge is 0.358 e. The van der Waals surface area contributed by atoms with Crippen molar-refractivity contribution in [1.82, 2.24) is 10.2 Å². The van der Waals surface area contributed by atoms with E-state index in [4.69, 9.17) is 10.5 Å². The van der Waals surface area contributed by atoms with Gasteiger partial charge in [0.1, 0.15) is 5.60 Å². The third-order valence-electron chi connectivity index (χ3n) is 3.99. The predicted octanol–water partition coefficient (Wildman–Crippen LogP) is 1.45. The number of ether oxygens (including phenoxy) is 1. The zero-order valence-electron chi connectivity index (χ0n) is 11.6. The molecule has 2 aliphatic heterocycles. The second-order valence-corrected chi connectivity index (χ2v) is 6.41. The number of aromatic amines is 1. The maximum atomic E-state index is 6.14. The summed E-state index contributed by atoms with van der Waals surface area (Å²) in [6, 6.07) is 0.260. The normalized spacial score (nSPS) is 28.7. The van der Waals surface area contributed by atoms with E-state index in [0.29, 0.717) is 0 Å². The SMILES string of the molecule is CC1(C)OC(C)(C)c2c(N3CCC(N)C3)n[nH]c21. The fourth-order valence-electron chi connectivity index (χ4n) is 3.29. The minimum absolute atomic E-state index is 0.260. The molecule has 0 spiro atoms. The third-order valence-corrected chi connectivity index (χ3v) is 3.99. The van der Waals surface area contributed by atoms with Gasteiger partial charge in [0.2, 0.25) is 0 Å². The van der Waals surface area contributed by atoms with Crippen molar-refractivity contribution < 1.29 is 4.74 Å². The van der Waals surface area contributed by atoms with E-state index in [-0.39, 0.29) is 17.2 Å². The maximum Gasteiger partial charge on any atom is 0.156 e. The van der Waals surface area contributed by atoms with E-state index in [9.17, 15) is 0 Å². The highest BCUT2D eigenvalue weighted by atomic mass is 16.5. The van der Waals surface area contributed by atoms with Gasteiger partial charge in [0.25, 0.3) is 0 Å². The number of hydrogen-bond acceptors (Lipinski definition) is 4. The van der Waals surface area contributed by atoms with Gasteiger partial charge in [-0.1, -0.05) is 0 Å². The fourth-order valence-corrected chi connectivity index (χ4v) is 3.29. The van der Waals surface area contributed by atoms with Crippen LogP contribution in [-0.2, 0) is 15.9 Å². The summed E-state index contributed by atoms with van der Waals surface area (Å²) in [7, 11) is 0. The summed E-state index contributed by atoms with van der Waals surface area (Å²) in [4.78, 5) is 2.27. The molecule has 0 bridgehead atoms. The molecule has 1 fully saturated rings. The molecule has 3 rings (SSSR count). The number of H-pyrrole nitrogens is 1. The summed E-state index contributed by atoms with van der Waals surface area (Å²) in [6.45, 7) is 10.2. The van der Waals surface area contributed by atoms with Crippen molar-refractivity contribution in [2.75, 3.05) is 18.0 Å². The molecule has 1 unspecified atom stereocenters. The molecule has 3 heterocycles. The lowest BCUT2D eigenvalue weighted by Gasteiger charge is -2.26. The van der Waals surface area contributed by atoms with Crippen molar-refractivity contribution in [2.24, 2.45) is 5.73 Å². The number of aromatic nitrogens is 2. The van der Waals surface area contributed by atoms with Gasteiger partial charge in [-0.25, -0.2) is 0 Å². The Kier molecular flexibility index (Phi) is 2.32. The van der Waals surface area contributed by atoms with Crippen LogP contribution in [-0.4, -0.2) is 29.3 Å². The first-order valence-electron chi connectivity index (χ1n) is 6.61. The molecule has 3 N–H and O–H groups in total. The first-order chi connectivity index (χ1) is 8.31. The first kappa shape index (κ1) is 12.0. The molecule has 0 aromatic carbocycles. The van der Waals surface area contributed by atoms with Crippen molar-refractivity contribution in [2.45, 2.75) is 51.4 Å². The van der Waals surface area contributed by atoms with Crippen molar-refractivity contribution in [1.29, 1.82) is 0 Å². The Balaban J connectivity index is 2.05. The Bertz CT molecular complexity index is 477. The maximum absolute atomic E-state index is 6.14. The van der Waals surface area contributed by atoms with E-state index >= 15 is 0 Å². The van der Waals surface area contributed by atoms with Crippen LogP contribution >= 0.6 is 0 Å². The van der Waals surface area contributed by atoms with Gasteiger partial charge in [0.15, 0.2) is 5.82 Å². The van der Waals surface area contributed by atoms with Gasteiger partial charge in [-0.15, -0.1) is 0 Å². The monoisotopic (exact) mass is 250 g/mol. The molecule has 2 aliphatic rings. The van der Waals surface area contributed by atoms with E-state index < -0.39 is 0 Å². The quantitative estimate of drug-likeness (QED) is 0.791. The molecule has 5 nitrogen and oxygen atoms in total. The van der Waals surface area contributed by atoms with E-state index in [0.717, 1.165) is 31.0 Å². The smallest absolute Gasteiger partial charge is 0.156 e. The molecule has 1 aromatic heterocycles. The van der Waals surface area contributed by atoms with Crippen LogP contribution in [0.2, 0.25) is 0 Å². The summed E-state index contributed by atoms with van der Waals surface area (Å²) in [5.41, 5.74) is 7.68. The van der Waals surface area contributed by atoms with E-state index in [1.165, 1.54) is 5.56 Å². The number of rotatable bonds is 1. The van der Waals surface area contributed by atoms with E-state index in [1.807, 2.05) is 0 Å². The number of hydrogen-bond donors (Lipinski definition) is 2. The number of fused-ring (bicyclic) bond motifs is 1. The molecule has 1 atom stereocenters. The Hall–Kier alpha value is -1.07. The van der Waals surface area contributed by atoms with Gasteiger partial charge in [-0.3, -0.25) is 5.10 Å². The van der Waals surface area contributed by atoms with Gasteiger partial charge in [0.05, 0.1) is 16.9 Å². The van der Waals surface area contributed by atoms with Crippen LogP contribution in [0.4, 0.5) is 5.82 Å². The van der Waals surface area contributed by atoms with Crippen LogP contribution in [0.3, 0.4) is 0 Å². The number of nitrogens with zero attached hydrogens (tertiary/aromatic N) is 2.